The number of allylic oxidation sites excluding steroid dienone is 2. The molecule has 1 nitrogen and oxygen atoms in total. The summed E-state index contributed by atoms with van der Waals surface area (Å²) in [5.41, 5.74) is 5.64. The SMILES string of the molecule is C1=CSCC(c2ccc3c(c2)CCCN3)=C1. The molecule has 0 saturated heterocycles. The van der Waals surface area contributed by atoms with Crippen molar-refractivity contribution in [1.82, 2.24) is 0 Å². The zero-order valence-corrected chi connectivity index (χ0v) is 10.0. The lowest BCUT2D eigenvalue weighted by molar-refractivity contribution is 0.830. The molecule has 1 aromatic rings. The van der Waals surface area contributed by atoms with Crippen LogP contribution in [-0.4, -0.2) is 12.3 Å². The molecule has 2 aliphatic rings. The molecule has 0 spiro atoms. The smallest absolute Gasteiger partial charge is 0.0373 e. The molecule has 0 bridgehead atoms. The lowest BCUT2D eigenvalue weighted by atomic mass is 9.97. The second-order valence-corrected chi connectivity index (χ2v) is 5.13. The Kier molecular flexibility index (Phi) is 2.75. The van der Waals surface area contributed by atoms with Crippen molar-refractivity contribution in [3.63, 3.8) is 0 Å². The molecule has 3 rings (SSSR count). The maximum Gasteiger partial charge on any atom is 0.0373 e. The van der Waals surface area contributed by atoms with Crippen LogP contribution in [0.3, 0.4) is 0 Å². The van der Waals surface area contributed by atoms with E-state index in [-0.39, 0.29) is 0 Å². The lowest BCUT2D eigenvalue weighted by Gasteiger charge is -2.19. The molecule has 0 atom stereocenters. The predicted molar refractivity (Wildman–Crippen MR) is 72.8 cm³/mol. The number of nitrogens with one attached hydrogen (secondary N) is 1. The number of anilines is 1. The second-order valence-electron chi connectivity index (χ2n) is 4.23. The Labute approximate surface area is 101 Å². The monoisotopic (exact) mass is 229 g/mol. The van der Waals surface area contributed by atoms with E-state index in [1.165, 1.54) is 35.2 Å². The highest BCUT2D eigenvalue weighted by Crippen LogP contribution is 2.29. The van der Waals surface area contributed by atoms with Crippen LogP contribution in [0.15, 0.2) is 35.8 Å². The van der Waals surface area contributed by atoms with Gasteiger partial charge in [0.05, 0.1) is 0 Å². The largest absolute Gasteiger partial charge is 0.385 e. The third-order valence-corrected chi connectivity index (χ3v) is 3.95. The molecule has 0 radical (unpaired) electrons. The van der Waals surface area contributed by atoms with E-state index in [4.69, 9.17) is 0 Å². The molecule has 0 fully saturated rings. The Morgan fingerprint density at radius 2 is 2.25 bits per heavy atom. The molecule has 1 aromatic carbocycles. The van der Waals surface area contributed by atoms with E-state index >= 15 is 0 Å². The number of benzene rings is 1. The normalized spacial score (nSPS) is 18.6. The highest BCUT2D eigenvalue weighted by molar-refractivity contribution is 8.02. The summed E-state index contributed by atoms with van der Waals surface area (Å²) in [6.07, 6.45) is 6.84. The van der Waals surface area contributed by atoms with Gasteiger partial charge in [-0.3, -0.25) is 0 Å². The van der Waals surface area contributed by atoms with Gasteiger partial charge in [-0.15, -0.1) is 11.8 Å². The third-order valence-electron chi connectivity index (χ3n) is 3.13. The van der Waals surface area contributed by atoms with Crippen LogP contribution >= 0.6 is 11.8 Å². The minimum atomic E-state index is 1.10. The number of fused-ring (bicyclic) bond motifs is 1. The van der Waals surface area contributed by atoms with E-state index in [2.05, 4.69) is 41.1 Å². The maximum absolute atomic E-state index is 3.45. The molecular formula is C14H15NS. The van der Waals surface area contributed by atoms with Gasteiger partial charge in [0.25, 0.3) is 0 Å². The minimum absolute atomic E-state index is 1.10. The van der Waals surface area contributed by atoms with E-state index in [1.54, 1.807) is 0 Å². The van der Waals surface area contributed by atoms with Gasteiger partial charge in [-0.25, -0.2) is 0 Å². The summed E-state index contributed by atoms with van der Waals surface area (Å²) in [5.74, 6) is 1.10. The van der Waals surface area contributed by atoms with Crippen molar-refractivity contribution >= 4 is 23.0 Å². The Morgan fingerprint density at radius 1 is 1.25 bits per heavy atom. The summed E-state index contributed by atoms with van der Waals surface area (Å²) in [6, 6.07) is 6.82. The summed E-state index contributed by atoms with van der Waals surface area (Å²) in [6.45, 7) is 1.12. The van der Waals surface area contributed by atoms with Crippen molar-refractivity contribution < 1.29 is 0 Å². The quantitative estimate of drug-likeness (QED) is 0.788. The van der Waals surface area contributed by atoms with Gasteiger partial charge in [0.1, 0.15) is 0 Å². The van der Waals surface area contributed by atoms with Crippen LogP contribution in [0.5, 0.6) is 0 Å². The van der Waals surface area contributed by atoms with Crippen molar-refractivity contribution in [2.24, 2.45) is 0 Å². The lowest BCUT2D eigenvalue weighted by Crippen LogP contribution is -2.11. The fourth-order valence-corrected chi connectivity index (χ4v) is 2.98. The van der Waals surface area contributed by atoms with E-state index in [1.807, 2.05) is 11.8 Å². The molecule has 0 saturated carbocycles. The maximum atomic E-state index is 3.45. The van der Waals surface area contributed by atoms with E-state index < -0.39 is 0 Å². The molecule has 82 valence electrons. The topological polar surface area (TPSA) is 12.0 Å². The van der Waals surface area contributed by atoms with Crippen LogP contribution in [0.2, 0.25) is 0 Å². The van der Waals surface area contributed by atoms with Crippen molar-refractivity contribution in [2.75, 3.05) is 17.6 Å². The first-order valence-corrected chi connectivity index (χ1v) is 6.83. The van der Waals surface area contributed by atoms with Crippen LogP contribution in [0.4, 0.5) is 5.69 Å². The van der Waals surface area contributed by atoms with Gasteiger partial charge in [-0.1, -0.05) is 18.2 Å². The number of hydrogen-bond acceptors (Lipinski definition) is 2. The minimum Gasteiger partial charge on any atom is -0.385 e. The van der Waals surface area contributed by atoms with Crippen LogP contribution in [0.1, 0.15) is 17.5 Å². The Morgan fingerprint density at radius 3 is 3.12 bits per heavy atom. The summed E-state index contributed by atoms with van der Waals surface area (Å²) in [4.78, 5) is 0. The van der Waals surface area contributed by atoms with Crippen LogP contribution < -0.4 is 5.32 Å². The second kappa shape index (κ2) is 4.38. The summed E-state index contributed by atoms with van der Waals surface area (Å²) < 4.78 is 0. The first kappa shape index (κ1) is 10.0. The van der Waals surface area contributed by atoms with Gasteiger partial charge >= 0.3 is 0 Å². The molecule has 2 aliphatic heterocycles. The molecule has 0 unspecified atom stereocenters. The van der Waals surface area contributed by atoms with Gasteiger partial charge < -0.3 is 5.32 Å². The van der Waals surface area contributed by atoms with E-state index in [0.717, 1.165) is 12.3 Å². The molecule has 0 aromatic heterocycles. The fraction of sp³-hybridized carbons (Fsp3) is 0.286. The van der Waals surface area contributed by atoms with Crippen LogP contribution in [0.25, 0.3) is 5.57 Å². The van der Waals surface area contributed by atoms with Crippen LogP contribution in [0, 0.1) is 0 Å². The number of hydrogen-bond donors (Lipinski definition) is 1. The fourth-order valence-electron chi connectivity index (χ4n) is 2.25. The van der Waals surface area contributed by atoms with E-state index in [0.29, 0.717) is 0 Å². The molecule has 2 heterocycles. The molecule has 0 aliphatic carbocycles. The Balaban J connectivity index is 1.96. The predicted octanol–water partition coefficient (Wildman–Crippen LogP) is 3.69. The van der Waals surface area contributed by atoms with Crippen molar-refractivity contribution in [3.05, 3.63) is 46.9 Å². The van der Waals surface area contributed by atoms with Gasteiger partial charge in [-0.2, -0.15) is 0 Å². The Bertz CT molecular complexity index is 460. The summed E-state index contributed by atoms with van der Waals surface area (Å²) in [7, 11) is 0. The zero-order valence-electron chi connectivity index (χ0n) is 9.20. The van der Waals surface area contributed by atoms with Gasteiger partial charge in [0.15, 0.2) is 0 Å². The molecule has 1 N–H and O–H groups in total. The molecular weight excluding hydrogens is 214 g/mol. The van der Waals surface area contributed by atoms with E-state index in [9.17, 15) is 0 Å². The average Bonchev–Trinajstić information content (AvgIpc) is 2.39. The number of aryl methyl sites for hydroxylation is 1. The highest BCUT2D eigenvalue weighted by atomic mass is 32.2. The van der Waals surface area contributed by atoms with Gasteiger partial charge in [0, 0.05) is 18.0 Å². The average molecular weight is 229 g/mol. The summed E-state index contributed by atoms with van der Waals surface area (Å²) >= 11 is 1.87. The first-order valence-electron chi connectivity index (χ1n) is 5.78. The standard InChI is InChI=1S/C14H15NS/c1-3-12-9-11(5-6-14(12)15-7-1)13-4-2-8-16-10-13/h2,4-6,8-9,15H,1,3,7,10H2. The van der Waals surface area contributed by atoms with Crippen molar-refractivity contribution in [3.8, 4) is 0 Å². The van der Waals surface area contributed by atoms with Crippen LogP contribution in [-0.2, 0) is 6.42 Å². The summed E-state index contributed by atoms with van der Waals surface area (Å²) in [5, 5.41) is 5.61. The molecule has 2 heteroatoms. The zero-order chi connectivity index (χ0) is 10.8. The van der Waals surface area contributed by atoms with Crippen molar-refractivity contribution in [1.29, 1.82) is 0 Å². The number of thioether (sulfide) groups is 1. The van der Waals surface area contributed by atoms with Gasteiger partial charge in [-0.05, 0) is 47.1 Å². The highest BCUT2D eigenvalue weighted by Gasteiger charge is 2.10. The first-order chi connectivity index (χ1) is 7.93. The molecule has 0 amide bonds. The number of rotatable bonds is 1. The third kappa shape index (κ3) is 1.90. The Hall–Kier alpha value is -1.15. The van der Waals surface area contributed by atoms with Crippen molar-refractivity contribution in [2.45, 2.75) is 12.8 Å². The molecule has 16 heavy (non-hydrogen) atoms. The van der Waals surface area contributed by atoms with Gasteiger partial charge in [0.2, 0.25) is 0 Å².